The fraction of sp³-hybridized carbons (Fsp3) is 0.235. The Morgan fingerprint density at radius 1 is 1.08 bits per heavy atom. The molecule has 0 bridgehead atoms. The molecule has 0 saturated carbocycles. The lowest BCUT2D eigenvalue weighted by Crippen LogP contribution is -2.32. The number of rotatable bonds is 7. The zero-order chi connectivity index (χ0) is 17.9. The van der Waals surface area contributed by atoms with Crippen LogP contribution in [-0.4, -0.2) is 30.3 Å². The van der Waals surface area contributed by atoms with Crippen molar-refractivity contribution < 1.29 is 12.8 Å². The lowest BCUT2D eigenvalue weighted by molar-refractivity contribution is 0.570. The van der Waals surface area contributed by atoms with Gasteiger partial charge in [0.1, 0.15) is 5.82 Å². The lowest BCUT2D eigenvalue weighted by Gasteiger charge is -2.08. The van der Waals surface area contributed by atoms with Gasteiger partial charge in [0.05, 0.1) is 16.8 Å². The maximum atomic E-state index is 13.5. The molecular weight excluding hydrogens is 345 g/mol. The molecule has 25 heavy (non-hydrogen) atoms. The summed E-state index contributed by atoms with van der Waals surface area (Å²) in [5.41, 5.74) is 1.50. The minimum absolute atomic E-state index is 0.0847. The summed E-state index contributed by atoms with van der Waals surface area (Å²) in [6.07, 6.45) is 0.0923. The van der Waals surface area contributed by atoms with Gasteiger partial charge in [0.2, 0.25) is 10.0 Å². The van der Waals surface area contributed by atoms with Gasteiger partial charge >= 0.3 is 5.69 Å². The largest absolute Gasteiger partial charge is 0.326 e. The van der Waals surface area contributed by atoms with Crippen LogP contribution in [0.15, 0.2) is 53.3 Å². The molecule has 8 heteroatoms. The predicted molar refractivity (Wildman–Crippen MR) is 94.5 cm³/mol. The molecular formula is C17H18FN3O3S. The van der Waals surface area contributed by atoms with Crippen LogP contribution in [0, 0.1) is 5.82 Å². The molecule has 0 saturated heterocycles. The summed E-state index contributed by atoms with van der Waals surface area (Å²) in [4.78, 5) is 14.6. The highest BCUT2D eigenvalue weighted by molar-refractivity contribution is 7.89. The number of benzene rings is 2. The summed E-state index contributed by atoms with van der Waals surface area (Å²) in [7, 11) is -3.56. The van der Waals surface area contributed by atoms with Crippen molar-refractivity contribution in [1.29, 1.82) is 0 Å². The number of sulfonamides is 1. The molecule has 0 aliphatic carbocycles. The quantitative estimate of drug-likeness (QED) is 0.669. The first-order valence-corrected chi connectivity index (χ1v) is 9.50. The minimum atomic E-state index is -3.56. The van der Waals surface area contributed by atoms with E-state index in [0.717, 1.165) is 5.52 Å². The molecule has 0 aliphatic heterocycles. The number of H-pyrrole nitrogens is 1. The highest BCUT2D eigenvalue weighted by atomic mass is 32.2. The Kier molecular flexibility index (Phi) is 5.00. The van der Waals surface area contributed by atoms with Crippen LogP contribution in [0.5, 0.6) is 0 Å². The number of halogens is 1. The van der Waals surface area contributed by atoms with E-state index in [1.165, 1.54) is 10.6 Å². The smallest absolute Gasteiger partial charge is 0.306 e. The Hall–Kier alpha value is -2.45. The van der Waals surface area contributed by atoms with Crippen molar-refractivity contribution in [3.63, 3.8) is 0 Å². The van der Waals surface area contributed by atoms with E-state index in [-0.39, 0.29) is 31.0 Å². The van der Waals surface area contributed by atoms with Gasteiger partial charge in [0.15, 0.2) is 0 Å². The average molecular weight is 363 g/mol. The number of fused-ring (bicyclic) bond motifs is 1. The Morgan fingerprint density at radius 3 is 2.60 bits per heavy atom. The fourth-order valence-electron chi connectivity index (χ4n) is 2.66. The first-order chi connectivity index (χ1) is 12.0. The summed E-state index contributed by atoms with van der Waals surface area (Å²) in [5, 5.41) is 0. The molecule has 0 spiro atoms. The molecule has 6 nitrogen and oxygen atoms in total. The van der Waals surface area contributed by atoms with Gasteiger partial charge < -0.3 is 4.98 Å². The highest BCUT2D eigenvalue weighted by Gasteiger charge is 2.13. The first kappa shape index (κ1) is 17.4. The van der Waals surface area contributed by atoms with Crippen molar-refractivity contribution in [2.24, 2.45) is 0 Å². The molecule has 3 rings (SSSR count). The maximum Gasteiger partial charge on any atom is 0.326 e. The Balaban J connectivity index is 1.60. The van der Waals surface area contributed by atoms with Crippen LogP contribution in [0.4, 0.5) is 4.39 Å². The van der Waals surface area contributed by atoms with Gasteiger partial charge in [0, 0.05) is 13.1 Å². The number of para-hydroxylation sites is 2. The molecule has 1 heterocycles. The van der Waals surface area contributed by atoms with Crippen LogP contribution in [0.25, 0.3) is 11.0 Å². The van der Waals surface area contributed by atoms with E-state index in [1.54, 1.807) is 30.3 Å². The van der Waals surface area contributed by atoms with E-state index in [2.05, 4.69) is 9.71 Å². The molecule has 1 aromatic heterocycles. The van der Waals surface area contributed by atoms with Crippen LogP contribution in [0.2, 0.25) is 0 Å². The number of nitrogens with zero attached hydrogens (tertiary/aromatic N) is 1. The molecule has 2 N–H and O–H groups in total. The Labute approximate surface area is 144 Å². The summed E-state index contributed by atoms with van der Waals surface area (Å²) >= 11 is 0. The van der Waals surface area contributed by atoms with Crippen molar-refractivity contribution in [3.8, 4) is 0 Å². The number of imidazole rings is 1. The summed E-state index contributed by atoms with van der Waals surface area (Å²) in [6, 6.07) is 13.3. The van der Waals surface area contributed by atoms with Gasteiger partial charge in [-0.2, -0.15) is 0 Å². The second kappa shape index (κ2) is 7.20. The molecule has 0 unspecified atom stereocenters. The number of hydrogen-bond acceptors (Lipinski definition) is 3. The van der Waals surface area contributed by atoms with E-state index in [0.29, 0.717) is 11.1 Å². The van der Waals surface area contributed by atoms with Crippen LogP contribution in [-0.2, 0) is 23.0 Å². The van der Waals surface area contributed by atoms with Crippen LogP contribution < -0.4 is 10.4 Å². The third-order valence-corrected chi connectivity index (χ3v) is 5.32. The van der Waals surface area contributed by atoms with Gasteiger partial charge in [-0.3, -0.25) is 4.57 Å². The SMILES string of the molecule is O=c1[nH]c2ccccc2n1CCNS(=O)(=O)CCc1ccccc1F. The fourth-order valence-corrected chi connectivity index (χ4v) is 3.69. The predicted octanol–water partition coefficient (Wildman–Crippen LogP) is 1.63. The second-order valence-corrected chi connectivity index (χ2v) is 7.58. The molecule has 0 fully saturated rings. The summed E-state index contributed by atoms with van der Waals surface area (Å²) in [5.74, 6) is -0.625. The zero-order valence-electron chi connectivity index (χ0n) is 13.4. The number of hydrogen-bond donors (Lipinski definition) is 2. The van der Waals surface area contributed by atoms with Crippen LogP contribution in [0.3, 0.4) is 0 Å². The van der Waals surface area contributed by atoms with Crippen molar-refractivity contribution in [3.05, 3.63) is 70.4 Å². The van der Waals surface area contributed by atoms with Gasteiger partial charge in [-0.15, -0.1) is 0 Å². The molecule has 132 valence electrons. The van der Waals surface area contributed by atoms with Gasteiger partial charge in [-0.25, -0.2) is 22.3 Å². The van der Waals surface area contributed by atoms with Crippen molar-refractivity contribution in [2.75, 3.05) is 12.3 Å². The molecule has 0 aliphatic rings. The monoisotopic (exact) mass is 363 g/mol. The topological polar surface area (TPSA) is 84.0 Å². The molecule has 0 radical (unpaired) electrons. The number of aromatic nitrogens is 2. The standard InChI is InChI=1S/C17H18FN3O3S/c18-14-6-2-1-5-13(14)9-12-25(23,24)19-10-11-21-16-8-4-3-7-15(16)20-17(21)22/h1-8,19H,9-12H2,(H,20,22). The van der Waals surface area contributed by atoms with E-state index in [9.17, 15) is 17.6 Å². The summed E-state index contributed by atoms with van der Waals surface area (Å²) in [6.45, 7) is 0.295. The summed E-state index contributed by atoms with van der Waals surface area (Å²) < 4.78 is 41.6. The van der Waals surface area contributed by atoms with Gasteiger partial charge in [-0.1, -0.05) is 30.3 Å². The van der Waals surface area contributed by atoms with E-state index in [1.807, 2.05) is 12.1 Å². The number of nitrogens with one attached hydrogen (secondary N) is 2. The van der Waals surface area contributed by atoms with Crippen LogP contribution in [0.1, 0.15) is 5.56 Å². The molecule has 0 atom stereocenters. The maximum absolute atomic E-state index is 13.5. The first-order valence-electron chi connectivity index (χ1n) is 7.84. The number of aryl methyl sites for hydroxylation is 1. The van der Waals surface area contributed by atoms with E-state index in [4.69, 9.17) is 0 Å². The Bertz CT molecular complexity index is 1040. The van der Waals surface area contributed by atoms with E-state index < -0.39 is 15.8 Å². The lowest BCUT2D eigenvalue weighted by atomic mass is 10.2. The zero-order valence-corrected chi connectivity index (χ0v) is 14.2. The molecule has 3 aromatic rings. The highest BCUT2D eigenvalue weighted by Crippen LogP contribution is 2.09. The number of aromatic amines is 1. The normalized spacial score (nSPS) is 11.9. The van der Waals surface area contributed by atoms with Crippen LogP contribution >= 0.6 is 0 Å². The minimum Gasteiger partial charge on any atom is -0.306 e. The third-order valence-electron chi connectivity index (χ3n) is 3.94. The molecule has 2 aromatic carbocycles. The third kappa shape index (κ3) is 4.15. The van der Waals surface area contributed by atoms with Crippen molar-refractivity contribution >= 4 is 21.1 Å². The van der Waals surface area contributed by atoms with Gasteiger partial charge in [0.25, 0.3) is 0 Å². The molecule has 0 amide bonds. The van der Waals surface area contributed by atoms with Crippen molar-refractivity contribution in [2.45, 2.75) is 13.0 Å². The van der Waals surface area contributed by atoms with Crippen molar-refractivity contribution in [1.82, 2.24) is 14.3 Å². The Morgan fingerprint density at radius 2 is 1.80 bits per heavy atom. The van der Waals surface area contributed by atoms with E-state index >= 15 is 0 Å². The van der Waals surface area contributed by atoms with Gasteiger partial charge in [-0.05, 0) is 30.2 Å². The second-order valence-electron chi connectivity index (χ2n) is 5.65. The average Bonchev–Trinajstić information content (AvgIpc) is 2.90.